The molecule has 10 heteroatoms. The third-order valence-corrected chi connectivity index (χ3v) is 5.16. The van der Waals surface area contributed by atoms with Gasteiger partial charge in [0.25, 0.3) is 0 Å². The van der Waals surface area contributed by atoms with Crippen molar-refractivity contribution in [2.24, 2.45) is 5.14 Å². The van der Waals surface area contributed by atoms with E-state index in [4.69, 9.17) is 20.3 Å². The number of ether oxygens (including phenoxy) is 2. The standard InChI is InChI=1S/C18H25N5O4S/c1-2-26-12-15-22-16-17(13-6-3-4-7-14(13)21-18(16)19)23(15)8-10-27-9-5-11-28(20,24)25/h3-4,6-7H,2,5,8-12H2,1H3,(H2,19,21)(H2,20,24,25). The fourth-order valence-electron chi connectivity index (χ4n) is 3.07. The van der Waals surface area contributed by atoms with Crippen LogP contribution in [0.25, 0.3) is 21.9 Å². The third kappa shape index (κ3) is 4.76. The molecule has 3 aromatic rings. The van der Waals surface area contributed by atoms with Gasteiger partial charge in [-0.1, -0.05) is 18.2 Å². The number of fused-ring (bicyclic) bond motifs is 3. The molecule has 0 amide bonds. The lowest BCUT2D eigenvalue weighted by Gasteiger charge is -2.11. The second-order valence-electron chi connectivity index (χ2n) is 6.36. The molecule has 0 aliphatic heterocycles. The monoisotopic (exact) mass is 407 g/mol. The van der Waals surface area contributed by atoms with Crippen molar-refractivity contribution in [2.45, 2.75) is 26.5 Å². The van der Waals surface area contributed by atoms with E-state index in [1.165, 1.54) is 0 Å². The van der Waals surface area contributed by atoms with Crippen LogP contribution in [0.15, 0.2) is 24.3 Å². The van der Waals surface area contributed by atoms with E-state index in [2.05, 4.69) is 9.97 Å². The largest absolute Gasteiger partial charge is 0.382 e. The number of anilines is 1. The molecular formula is C18H25N5O4S. The Morgan fingerprint density at radius 3 is 2.68 bits per heavy atom. The van der Waals surface area contributed by atoms with Crippen molar-refractivity contribution in [3.63, 3.8) is 0 Å². The van der Waals surface area contributed by atoms with Crippen LogP contribution in [0.5, 0.6) is 0 Å². The Morgan fingerprint density at radius 2 is 1.93 bits per heavy atom. The van der Waals surface area contributed by atoms with Crippen molar-refractivity contribution in [3.05, 3.63) is 30.1 Å². The highest BCUT2D eigenvalue weighted by molar-refractivity contribution is 7.89. The van der Waals surface area contributed by atoms with Gasteiger partial charge in [0.2, 0.25) is 10.0 Å². The molecular weight excluding hydrogens is 382 g/mol. The molecule has 152 valence electrons. The number of sulfonamides is 1. The van der Waals surface area contributed by atoms with Crippen LogP contribution in [0.3, 0.4) is 0 Å². The molecule has 0 radical (unpaired) electrons. The van der Waals surface area contributed by atoms with E-state index in [1.807, 2.05) is 35.8 Å². The Hall–Kier alpha value is -2.27. The summed E-state index contributed by atoms with van der Waals surface area (Å²) in [5.41, 5.74) is 8.47. The molecule has 0 unspecified atom stereocenters. The van der Waals surface area contributed by atoms with Crippen LogP contribution in [0.2, 0.25) is 0 Å². The Morgan fingerprint density at radius 1 is 1.14 bits per heavy atom. The fourth-order valence-corrected chi connectivity index (χ4v) is 3.59. The van der Waals surface area contributed by atoms with Crippen LogP contribution in [0.1, 0.15) is 19.2 Å². The van der Waals surface area contributed by atoms with Gasteiger partial charge < -0.3 is 19.8 Å². The smallest absolute Gasteiger partial charge is 0.209 e. The zero-order valence-corrected chi connectivity index (χ0v) is 16.6. The molecule has 28 heavy (non-hydrogen) atoms. The summed E-state index contributed by atoms with van der Waals surface area (Å²) < 4.78 is 35.1. The molecule has 0 aliphatic rings. The lowest BCUT2D eigenvalue weighted by Crippen LogP contribution is -2.18. The maximum atomic E-state index is 11.0. The number of nitrogens with zero attached hydrogens (tertiary/aromatic N) is 3. The van der Waals surface area contributed by atoms with Crippen molar-refractivity contribution in [3.8, 4) is 0 Å². The first-order valence-electron chi connectivity index (χ1n) is 9.10. The number of nitrogens with two attached hydrogens (primary N) is 2. The number of primary sulfonamides is 1. The van der Waals surface area contributed by atoms with Gasteiger partial charge in [0.05, 0.1) is 23.4 Å². The predicted molar refractivity (Wildman–Crippen MR) is 108 cm³/mol. The number of imidazole rings is 1. The van der Waals surface area contributed by atoms with Gasteiger partial charge in [-0.05, 0) is 19.4 Å². The van der Waals surface area contributed by atoms with Crippen LogP contribution < -0.4 is 10.9 Å². The Balaban J connectivity index is 1.86. The van der Waals surface area contributed by atoms with E-state index >= 15 is 0 Å². The summed E-state index contributed by atoms with van der Waals surface area (Å²) in [4.78, 5) is 9.09. The molecule has 0 bridgehead atoms. The number of rotatable bonds is 10. The number of hydrogen-bond acceptors (Lipinski definition) is 7. The van der Waals surface area contributed by atoms with Crippen molar-refractivity contribution in [1.29, 1.82) is 0 Å². The molecule has 4 N–H and O–H groups in total. The van der Waals surface area contributed by atoms with Crippen molar-refractivity contribution >= 4 is 37.8 Å². The maximum Gasteiger partial charge on any atom is 0.209 e. The Bertz CT molecular complexity index is 1060. The third-order valence-electron chi connectivity index (χ3n) is 4.30. The first-order chi connectivity index (χ1) is 13.4. The first kappa shape index (κ1) is 20.5. The minimum absolute atomic E-state index is 0.0938. The predicted octanol–water partition coefficient (Wildman–Crippen LogP) is 1.40. The molecule has 0 aliphatic carbocycles. The van der Waals surface area contributed by atoms with Gasteiger partial charge in [0, 0.05) is 25.1 Å². The first-order valence-corrected chi connectivity index (χ1v) is 10.8. The van der Waals surface area contributed by atoms with E-state index in [0.29, 0.717) is 50.7 Å². The van der Waals surface area contributed by atoms with Crippen molar-refractivity contribution in [1.82, 2.24) is 14.5 Å². The fraction of sp³-hybridized carbons (Fsp3) is 0.444. The van der Waals surface area contributed by atoms with Gasteiger partial charge in [0.1, 0.15) is 17.9 Å². The average molecular weight is 407 g/mol. The number of hydrogen-bond donors (Lipinski definition) is 2. The van der Waals surface area contributed by atoms with Crippen LogP contribution in [-0.4, -0.2) is 48.5 Å². The van der Waals surface area contributed by atoms with Gasteiger partial charge in [-0.15, -0.1) is 0 Å². The Kier molecular flexibility index (Phi) is 6.45. The number of pyridine rings is 1. The summed E-state index contributed by atoms with van der Waals surface area (Å²) in [5.74, 6) is 1.03. The van der Waals surface area contributed by atoms with Crippen LogP contribution in [0.4, 0.5) is 5.82 Å². The van der Waals surface area contributed by atoms with E-state index in [9.17, 15) is 8.42 Å². The van der Waals surface area contributed by atoms with Gasteiger partial charge in [-0.3, -0.25) is 0 Å². The SMILES string of the molecule is CCOCc1nc2c(N)nc3ccccc3c2n1CCOCCCS(N)(=O)=O. The van der Waals surface area contributed by atoms with E-state index in [-0.39, 0.29) is 5.75 Å². The summed E-state index contributed by atoms with van der Waals surface area (Å²) in [7, 11) is -3.46. The quantitative estimate of drug-likeness (QED) is 0.485. The van der Waals surface area contributed by atoms with Gasteiger partial charge in [-0.2, -0.15) is 0 Å². The highest BCUT2D eigenvalue weighted by Gasteiger charge is 2.17. The lowest BCUT2D eigenvalue weighted by molar-refractivity contribution is 0.114. The van der Waals surface area contributed by atoms with E-state index in [1.54, 1.807) is 0 Å². The molecule has 0 saturated heterocycles. The van der Waals surface area contributed by atoms with Crippen LogP contribution in [-0.2, 0) is 32.6 Å². The summed E-state index contributed by atoms with van der Waals surface area (Å²) in [5, 5.41) is 5.95. The topological polar surface area (TPSA) is 135 Å². The molecule has 3 rings (SSSR count). The number of benzene rings is 1. The maximum absolute atomic E-state index is 11.0. The molecule has 2 aromatic heterocycles. The zero-order valence-electron chi connectivity index (χ0n) is 15.8. The summed E-state index contributed by atoms with van der Waals surface area (Å²) in [6, 6.07) is 7.76. The summed E-state index contributed by atoms with van der Waals surface area (Å²) in [6.07, 6.45) is 0.356. The number of aromatic nitrogens is 3. The van der Waals surface area contributed by atoms with Gasteiger partial charge >= 0.3 is 0 Å². The zero-order chi connectivity index (χ0) is 20.1. The average Bonchev–Trinajstić information content (AvgIpc) is 3.01. The van der Waals surface area contributed by atoms with Gasteiger partial charge in [-0.25, -0.2) is 23.5 Å². The number of nitrogen functional groups attached to an aromatic ring is 1. The van der Waals surface area contributed by atoms with Gasteiger partial charge in [0.15, 0.2) is 5.82 Å². The molecule has 0 fully saturated rings. The Labute approximate surface area is 163 Å². The normalized spacial score (nSPS) is 12.2. The second kappa shape index (κ2) is 8.82. The van der Waals surface area contributed by atoms with Crippen LogP contribution >= 0.6 is 0 Å². The lowest BCUT2D eigenvalue weighted by atomic mass is 10.2. The van der Waals surface area contributed by atoms with E-state index < -0.39 is 10.0 Å². The highest BCUT2D eigenvalue weighted by atomic mass is 32.2. The molecule has 0 saturated carbocycles. The highest BCUT2D eigenvalue weighted by Crippen LogP contribution is 2.29. The van der Waals surface area contributed by atoms with Crippen molar-refractivity contribution < 1.29 is 17.9 Å². The van der Waals surface area contributed by atoms with E-state index in [0.717, 1.165) is 22.2 Å². The second-order valence-corrected chi connectivity index (χ2v) is 8.10. The summed E-state index contributed by atoms with van der Waals surface area (Å²) in [6.45, 7) is 4.08. The molecule has 2 heterocycles. The molecule has 9 nitrogen and oxygen atoms in total. The molecule has 0 atom stereocenters. The van der Waals surface area contributed by atoms with Crippen molar-refractivity contribution in [2.75, 3.05) is 31.3 Å². The summed E-state index contributed by atoms with van der Waals surface area (Å²) >= 11 is 0. The molecule has 1 aromatic carbocycles. The van der Waals surface area contributed by atoms with Crippen LogP contribution in [0, 0.1) is 0 Å². The number of para-hydroxylation sites is 1. The molecule has 0 spiro atoms. The minimum Gasteiger partial charge on any atom is -0.382 e. The minimum atomic E-state index is -3.46.